The third-order valence-corrected chi connectivity index (χ3v) is 4.40. The summed E-state index contributed by atoms with van der Waals surface area (Å²) in [6.45, 7) is 22.2. The van der Waals surface area contributed by atoms with Crippen molar-refractivity contribution in [2.24, 2.45) is 0 Å². The van der Waals surface area contributed by atoms with Gasteiger partial charge in [-0.3, -0.25) is 9.69 Å². The highest BCUT2D eigenvalue weighted by Crippen LogP contribution is 2.05. The molecule has 0 fully saturated rings. The molecule has 0 saturated heterocycles. The molecule has 0 aromatic heterocycles. The number of hydrogen-bond donors (Lipinski definition) is 1. The van der Waals surface area contributed by atoms with Crippen LogP contribution in [0.5, 0.6) is 0 Å². The number of carbonyl (C=O) groups is 1. The Kier molecular flexibility index (Phi) is 7.43. The van der Waals surface area contributed by atoms with Crippen molar-refractivity contribution >= 4 is 18.1 Å². The van der Waals surface area contributed by atoms with Crippen LogP contribution >= 0.6 is 0 Å². The summed E-state index contributed by atoms with van der Waals surface area (Å²) >= 11 is 0. The topological polar surface area (TPSA) is 32.3 Å². The third kappa shape index (κ3) is 5.34. The van der Waals surface area contributed by atoms with E-state index in [9.17, 15) is 4.79 Å². The minimum absolute atomic E-state index is 0. The Hall–Kier alpha value is -1.87. The van der Waals surface area contributed by atoms with Crippen LogP contribution in [0.2, 0.25) is 0 Å². The summed E-state index contributed by atoms with van der Waals surface area (Å²) in [5, 5.41) is 4.92. The van der Waals surface area contributed by atoms with E-state index in [0.29, 0.717) is 24.2 Å². The van der Waals surface area contributed by atoms with Crippen molar-refractivity contribution in [3.8, 4) is 0 Å². The summed E-state index contributed by atoms with van der Waals surface area (Å²) in [7, 11) is 0. The number of nitrogens with zero attached hydrogens (tertiary/aromatic N) is 1. The van der Waals surface area contributed by atoms with E-state index in [0.717, 1.165) is 28.1 Å². The maximum Gasteiger partial charge on any atom is 0.251 e. The minimum atomic E-state index is -0.0433. The van der Waals surface area contributed by atoms with E-state index in [1.807, 2.05) is 32.0 Å². The Bertz CT molecular complexity index is 703. The van der Waals surface area contributed by atoms with Gasteiger partial charge in [0.25, 0.3) is 5.91 Å². The molecule has 3 nitrogen and oxygen atoms in total. The molecule has 1 rings (SSSR count). The fourth-order valence-corrected chi connectivity index (χ4v) is 2.81. The number of hydrogen-bond acceptors (Lipinski definition) is 2. The Labute approximate surface area is 149 Å². The molecular weight excluding hydrogens is 296 g/mol. The van der Waals surface area contributed by atoms with Crippen molar-refractivity contribution in [1.29, 1.82) is 0 Å². The van der Waals surface area contributed by atoms with E-state index >= 15 is 0 Å². The predicted octanol–water partition coefficient (Wildman–Crippen LogP) is 3.05. The number of amides is 1. The summed E-state index contributed by atoms with van der Waals surface area (Å²) in [5.74, 6) is -0.0433. The highest BCUT2D eigenvalue weighted by Gasteiger charge is 2.13. The molecule has 24 heavy (non-hydrogen) atoms. The molecule has 0 aliphatic rings. The molecule has 1 N–H and O–H groups in total. The van der Waals surface area contributed by atoms with Gasteiger partial charge in [0, 0.05) is 33.6 Å². The first-order valence-corrected chi connectivity index (χ1v) is 8.64. The first-order valence-electron chi connectivity index (χ1n) is 8.64. The first kappa shape index (κ1) is 20.2. The van der Waals surface area contributed by atoms with Crippen LogP contribution in [0.4, 0.5) is 0 Å². The number of benzene rings is 1. The summed E-state index contributed by atoms with van der Waals surface area (Å²) < 4.78 is 0. The Balaban J connectivity index is 0. The second kappa shape index (κ2) is 8.84. The molecule has 0 aliphatic carbocycles. The van der Waals surface area contributed by atoms with E-state index < -0.39 is 0 Å². The molecule has 0 heterocycles. The molecule has 0 saturated carbocycles. The van der Waals surface area contributed by atoms with E-state index in [2.05, 4.69) is 51.1 Å². The van der Waals surface area contributed by atoms with Crippen LogP contribution in [0.1, 0.15) is 54.8 Å². The lowest BCUT2D eigenvalue weighted by Crippen LogP contribution is -2.42. The largest absolute Gasteiger partial charge is 0.351 e. The van der Waals surface area contributed by atoms with Gasteiger partial charge in [0.1, 0.15) is 0 Å². The second-order valence-electron chi connectivity index (χ2n) is 6.96. The Morgan fingerprint density at radius 3 is 2.33 bits per heavy atom. The first-order chi connectivity index (χ1) is 11.1. The third-order valence-electron chi connectivity index (χ3n) is 4.40. The van der Waals surface area contributed by atoms with Gasteiger partial charge in [-0.1, -0.05) is 24.8 Å². The van der Waals surface area contributed by atoms with Gasteiger partial charge >= 0.3 is 0 Å². The molecule has 135 valence electrons. The van der Waals surface area contributed by atoms with Crippen molar-refractivity contribution < 1.29 is 7.65 Å². The smallest absolute Gasteiger partial charge is 0.251 e. The lowest BCUT2D eigenvalue weighted by atomic mass is 10.0. The van der Waals surface area contributed by atoms with Crippen LogP contribution in [0.3, 0.4) is 0 Å². The van der Waals surface area contributed by atoms with E-state index in [1.165, 1.54) is 0 Å². The number of allylic oxidation sites excluding steroid dienone is 1. The van der Waals surface area contributed by atoms with Crippen molar-refractivity contribution in [1.82, 2.24) is 10.2 Å². The molecular formula is C21H35N2O. The zero-order valence-electron chi connectivity index (χ0n) is 17.1. The number of rotatable bonds is 7. The highest BCUT2D eigenvalue weighted by atomic mass is 16.1. The Morgan fingerprint density at radius 1 is 1.25 bits per heavy atom. The van der Waals surface area contributed by atoms with Crippen molar-refractivity contribution in [3.05, 3.63) is 46.4 Å². The van der Waals surface area contributed by atoms with Gasteiger partial charge in [-0.15, -0.1) is 0 Å². The van der Waals surface area contributed by atoms with E-state index in [4.69, 9.17) is 0 Å². The molecule has 0 spiro atoms. The van der Waals surface area contributed by atoms with Gasteiger partial charge < -0.3 is 5.32 Å². The van der Waals surface area contributed by atoms with Gasteiger partial charge in [-0.25, -0.2) is 0 Å². The molecule has 3 heteroatoms. The summed E-state index contributed by atoms with van der Waals surface area (Å²) in [4.78, 5) is 14.8. The fraction of sp³-hybridized carbons (Fsp3) is 0.476. The molecule has 0 unspecified atom stereocenters. The summed E-state index contributed by atoms with van der Waals surface area (Å²) in [5.41, 5.74) is 2.72. The van der Waals surface area contributed by atoms with E-state index in [-0.39, 0.29) is 8.76 Å². The summed E-state index contributed by atoms with van der Waals surface area (Å²) in [6, 6.07) is 6.56. The molecule has 0 atom stereocenters. The Morgan fingerprint density at radius 2 is 1.83 bits per heavy atom. The van der Waals surface area contributed by atoms with E-state index in [1.54, 1.807) is 0 Å². The van der Waals surface area contributed by atoms with Gasteiger partial charge in [0.2, 0.25) is 0 Å². The van der Waals surface area contributed by atoms with Gasteiger partial charge in [-0.2, -0.15) is 0 Å². The monoisotopic (exact) mass is 331 g/mol. The van der Waals surface area contributed by atoms with Crippen LogP contribution in [-0.4, -0.2) is 36.0 Å². The van der Waals surface area contributed by atoms with Gasteiger partial charge in [0.05, 0.1) is 0 Å². The zero-order valence-corrected chi connectivity index (χ0v) is 16.1. The lowest BCUT2D eigenvalue weighted by Gasteiger charge is -2.30. The SMILES string of the molecule is C=C(C)/C(C)=c1/cc(C(=O)NCCN(C(C)C)C(C)C)ccc1=C.[HH].[H]. The van der Waals surface area contributed by atoms with Crippen LogP contribution < -0.4 is 15.8 Å². The molecule has 0 aliphatic heterocycles. The van der Waals surface area contributed by atoms with Gasteiger partial charge in [-0.05, 0) is 69.7 Å². The maximum atomic E-state index is 12.4. The average molecular weight is 332 g/mol. The second-order valence-corrected chi connectivity index (χ2v) is 6.96. The van der Waals surface area contributed by atoms with Crippen molar-refractivity contribution in [3.63, 3.8) is 0 Å². The van der Waals surface area contributed by atoms with Gasteiger partial charge in [0.15, 0.2) is 0 Å². The fourth-order valence-electron chi connectivity index (χ4n) is 2.81. The molecule has 1 amide bonds. The maximum absolute atomic E-state index is 12.4. The average Bonchev–Trinajstić information content (AvgIpc) is 2.50. The normalized spacial score (nSPS) is 12.7. The molecule has 1 aromatic carbocycles. The van der Waals surface area contributed by atoms with Crippen LogP contribution in [0.25, 0.3) is 12.2 Å². The van der Waals surface area contributed by atoms with Crippen molar-refractivity contribution in [2.75, 3.05) is 13.1 Å². The molecule has 1 aromatic rings. The minimum Gasteiger partial charge on any atom is -0.351 e. The van der Waals surface area contributed by atoms with Crippen molar-refractivity contribution in [2.45, 2.75) is 53.6 Å². The standard InChI is InChI=1S/C21H32N2O.H2.H/c1-14(2)18(8)20-13-19(10-9-17(20)7)21(24)22-11-12-23(15(3)4)16(5)6;;/h9-10,13,15-16H,1,7,11-12H2,2-6,8H3,(H,22,24);1H;/b20-18-;;. The van der Waals surface area contributed by atoms with Crippen LogP contribution in [0, 0.1) is 0 Å². The highest BCUT2D eigenvalue weighted by molar-refractivity contribution is 5.94. The molecule has 0 bridgehead atoms. The number of nitrogens with one attached hydrogen (secondary N) is 1. The molecule has 1 radical (unpaired) electrons. The number of carbonyl (C=O) groups excluding carboxylic acids is 1. The summed E-state index contributed by atoms with van der Waals surface area (Å²) in [6.07, 6.45) is 0. The predicted molar refractivity (Wildman–Crippen MR) is 108 cm³/mol. The quantitative estimate of drug-likeness (QED) is 0.833. The zero-order chi connectivity index (χ0) is 18.4. The van der Waals surface area contributed by atoms with Crippen LogP contribution in [-0.2, 0) is 0 Å². The van der Waals surface area contributed by atoms with Crippen LogP contribution in [0.15, 0.2) is 30.4 Å². The lowest BCUT2D eigenvalue weighted by molar-refractivity contribution is 0.0939.